The van der Waals surface area contributed by atoms with E-state index >= 15 is 0 Å². The predicted molar refractivity (Wildman–Crippen MR) is 67.7 cm³/mol. The topological polar surface area (TPSA) is 15.3 Å². The molecule has 2 nitrogen and oxygen atoms in total. The van der Waals surface area contributed by atoms with E-state index in [2.05, 4.69) is 56.2 Å². The van der Waals surface area contributed by atoms with Crippen molar-refractivity contribution in [1.29, 1.82) is 0 Å². The molecule has 0 atom stereocenters. The summed E-state index contributed by atoms with van der Waals surface area (Å²) in [4.78, 5) is 2.29. The van der Waals surface area contributed by atoms with Crippen LogP contribution in [-0.4, -0.2) is 26.7 Å². The lowest BCUT2D eigenvalue weighted by Crippen LogP contribution is -2.28. The molecule has 1 aromatic carbocycles. The highest BCUT2D eigenvalue weighted by molar-refractivity contribution is 5.49. The average molecular weight is 206 g/mol. The van der Waals surface area contributed by atoms with E-state index in [1.165, 1.54) is 16.8 Å². The maximum atomic E-state index is 3.33. The molecule has 15 heavy (non-hydrogen) atoms. The Morgan fingerprint density at radius 2 is 1.93 bits per heavy atom. The highest BCUT2D eigenvalue weighted by Gasteiger charge is 2.01. The number of benzene rings is 1. The van der Waals surface area contributed by atoms with Gasteiger partial charge in [-0.05, 0) is 43.7 Å². The Balaban J connectivity index is 2.57. The predicted octanol–water partition coefficient (Wildman–Crippen LogP) is 2.35. The van der Waals surface area contributed by atoms with E-state index in [1.807, 2.05) is 0 Å². The molecule has 0 spiro atoms. The first-order valence-corrected chi connectivity index (χ1v) is 5.64. The van der Waals surface area contributed by atoms with Gasteiger partial charge in [0.25, 0.3) is 0 Å². The van der Waals surface area contributed by atoms with Crippen LogP contribution < -0.4 is 10.2 Å². The zero-order valence-corrected chi connectivity index (χ0v) is 10.3. The van der Waals surface area contributed by atoms with Gasteiger partial charge in [0.1, 0.15) is 0 Å². The van der Waals surface area contributed by atoms with E-state index in [-0.39, 0.29) is 0 Å². The van der Waals surface area contributed by atoms with Gasteiger partial charge in [0, 0.05) is 25.8 Å². The van der Waals surface area contributed by atoms with Gasteiger partial charge in [-0.2, -0.15) is 0 Å². The molecular formula is C13H22N2. The summed E-state index contributed by atoms with van der Waals surface area (Å²) in [6.45, 7) is 9.59. The van der Waals surface area contributed by atoms with Crippen LogP contribution in [0.15, 0.2) is 18.2 Å². The van der Waals surface area contributed by atoms with Gasteiger partial charge in [-0.25, -0.2) is 0 Å². The van der Waals surface area contributed by atoms with E-state index < -0.39 is 0 Å². The van der Waals surface area contributed by atoms with Crippen molar-refractivity contribution in [3.8, 4) is 0 Å². The van der Waals surface area contributed by atoms with Crippen LogP contribution in [0.2, 0.25) is 0 Å². The van der Waals surface area contributed by atoms with Crippen molar-refractivity contribution in [3.05, 3.63) is 29.3 Å². The van der Waals surface area contributed by atoms with Crippen LogP contribution in [0.5, 0.6) is 0 Å². The second-order valence-corrected chi connectivity index (χ2v) is 4.04. The van der Waals surface area contributed by atoms with Gasteiger partial charge >= 0.3 is 0 Å². The van der Waals surface area contributed by atoms with E-state index in [4.69, 9.17) is 0 Å². The van der Waals surface area contributed by atoms with Crippen molar-refractivity contribution in [3.63, 3.8) is 0 Å². The normalized spacial score (nSPS) is 10.4. The van der Waals surface area contributed by atoms with Gasteiger partial charge in [0.2, 0.25) is 0 Å². The number of hydrogen-bond donors (Lipinski definition) is 1. The second kappa shape index (κ2) is 5.76. The summed E-state index contributed by atoms with van der Waals surface area (Å²) >= 11 is 0. The summed E-state index contributed by atoms with van der Waals surface area (Å²) < 4.78 is 0. The first kappa shape index (κ1) is 12.1. The molecule has 1 aromatic rings. The van der Waals surface area contributed by atoms with Gasteiger partial charge < -0.3 is 10.2 Å². The Bertz CT molecular complexity index is 307. The minimum Gasteiger partial charge on any atom is -0.373 e. The van der Waals surface area contributed by atoms with Gasteiger partial charge in [-0.1, -0.05) is 13.0 Å². The van der Waals surface area contributed by atoms with E-state index in [9.17, 15) is 0 Å². The summed E-state index contributed by atoms with van der Waals surface area (Å²) in [5, 5.41) is 3.33. The van der Waals surface area contributed by atoms with Gasteiger partial charge in [-0.15, -0.1) is 0 Å². The Hall–Kier alpha value is -1.02. The molecule has 0 bridgehead atoms. The number of aryl methyl sites for hydroxylation is 2. The lowest BCUT2D eigenvalue weighted by molar-refractivity contribution is 0.706. The molecule has 0 aromatic heterocycles. The number of nitrogens with zero attached hydrogens (tertiary/aromatic N) is 1. The molecule has 0 saturated carbocycles. The van der Waals surface area contributed by atoms with Crippen LogP contribution in [0.3, 0.4) is 0 Å². The summed E-state index contributed by atoms with van der Waals surface area (Å²) in [6, 6.07) is 6.63. The summed E-state index contributed by atoms with van der Waals surface area (Å²) in [5.41, 5.74) is 4.03. The highest BCUT2D eigenvalue weighted by Crippen LogP contribution is 2.16. The zero-order valence-electron chi connectivity index (χ0n) is 10.3. The van der Waals surface area contributed by atoms with Crippen LogP contribution in [0, 0.1) is 13.8 Å². The summed E-state index contributed by atoms with van der Waals surface area (Å²) in [6.07, 6.45) is 0. The molecule has 2 heteroatoms. The molecule has 0 unspecified atom stereocenters. The summed E-state index contributed by atoms with van der Waals surface area (Å²) in [5.74, 6) is 0. The fourth-order valence-corrected chi connectivity index (χ4v) is 1.52. The molecule has 84 valence electrons. The fraction of sp³-hybridized carbons (Fsp3) is 0.538. The minimum atomic E-state index is 1.04. The number of hydrogen-bond acceptors (Lipinski definition) is 2. The Morgan fingerprint density at radius 3 is 2.53 bits per heavy atom. The van der Waals surface area contributed by atoms with E-state index in [1.54, 1.807) is 0 Å². The number of likely N-dealkylation sites (N-methyl/N-ethyl adjacent to an activating group) is 2. The Kier molecular flexibility index (Phi) is 4.63. The first-order chi connectivity index (χ1) is 7.15. The maximum absolute atomic E-state index is 3.33. The number of anilines is 1. The van der Waals surface area contributed by atoms with Crippen molar-refractivity contribution in [2.75, 3.05) is 31.6 Å². The lowest BCUT2D eigenvalue weighted by Gasteiger charge is -2.20. The molecule has 0 aliphatic carbocycles. The highest BCUT2D eigenvalue weighted by atomic mass is 15.1. The Morgan fingerprint density at radius 1 is 1.20 bits per heavy atom. The maximum Gasteiger partial charge on any atom is 0.0366 e. The molecule has 0 aliphatic heterocycles. The van der Waals surface area contributed by atoms with Gasteiger partial charge in [-0.3, -0.25) is 0 Å². The molecule has 0 radical (unpaired) electrons. The van der Waals surface area contributed by atoms with Gasteiger partial charge in [0.05, 0.1) is 0 Å². The van der Waals surface area contributed by atoms with Crippen LogP contribution in [0.4, 0.5) is 5.69 Å². The average Bonchev–Trinajstić information content (AvgIpc) is 2.22. The van der Waals surface area contributed by atoms with E-state index in [0.717, 1.165) is 19.6 Å². The van der Waals surface area contributed by atoms with Gasteiger partial charge in [0.15, 0.2) is 0 Å². The number of rotatable bonds is 5. The third kappa shape index (κ3) is 3.56. The second-order valence-electron chi connectivity index (χ2n) is 4.04. The molecular weight excluding hydrogens is 184 g/mol. The van der Waals surface area contributed by atoms with Crippen molar-refractivity contribution in [2.24, 2.45) is 0 Å². The van der Waals surface area contributed by atoms with Crippen LogP contribution in [0.25, 0.3) is 0 Å². The monoisotopic (exact) mass is 206 g/mol. The van der Waals surface area contributed by atoms with Crippen molar-refractivity contribution >= 4 is 5.69 Å². The molecule has 0 amide bonds. The first-order valence-electron chi connectivity index (χ1n) is 5.64. The standard InChI is InChI=1S/C13H22N2/c1-5-14-8-9-15(4)13-7-6-11(2)12(3)10-13/h6-7,10,14H,5,8-9H2,1-4H3. The van der Waals surface area contributed by atoms with Crippen molar-refractivity contribution in [1.82, 2.24) is 5.32 Å². The smallest absolute Gasteiger partial charge is 0.0366 e. The summed E-state index contributed by atoms with van der Waals surface area (Å²) in [7, 11) is 2.14. The molecule has 1 N–H and O–H groups in total. The quantitative estimate of drug-likeness (QED) is 0.744. The molecule has 0 fully saturated rings. The lowest BCUT2D eigenvalue weighted by atomic mass is 10.1. The number of nitrogens with one attached hydrogen (secondary N) is 1. The fourth-order valence-electron chi connectivity index (χ4n) is 1.52. The SMILES string of the molecule is CCNCCN(C)c1ccc(C)c(C)c1. The minimum absolute atomic E-state index is 1.04. The largest absolute Gasteiger partial charge is 0.373 e. The zero-order chi connectivity index (χ0) is 11.3. The van der Waals surface area contributed by atoms with Crippen LogP contribution in [0.1, 0.15) is 18.1 Å². The van der Waals surface area contributed by atoms with Crippen LogP contribution in [-0.2, 0) is 0 Å². The van der Waals surface area contributed by atoms with Crippen molar-refractivity contribution in [2.45, 2.75) is 20.8 Å². The Labute approximate surface area is 93.3 Å². The third-order valence-electron chi connectivity index (χ3n) is 2.81. The third-order valence-corrected chi connectivity index (χ3v) is 2.81. The van der Waals surface area contributed by atoms with Crippen molar-refractivity contribution < 1.29 is 0 Å². The van der Waals surface area contributed by atoms with E-state index in [0.29, 0.717) is 0 Å². The molecule has 0 heterocycles. The molecule has 1 rings (SSSR count). The van der Waals surface area contributed by atoms with Crippen LogP contribution >= 0.6 is 0 Å². The molecule has 0 saturated heterocycles. The molecule has 0 aliphatic rings.